The number of carbonyl (C=O) groups is 1. The lowest BCUT2D eigenvalue weighted by atomic mass is 9.73. The van der Waals surface area contributed by atoms with Gasteiger partial charge in [0.05, 0.1) is 0 Å². The van der Waals surface area contributed by atoms with E-state index in [1.165, 1.54) is 12.8 Å². The molecule has 2 aromatic heterocycles. The van der Waals surface area contributed by atoms with Crippen molar-refractivity contribution in [1.82, 2.24) is 24.6 Å². The minimum atomic E-state index is 0.172. The van der Waals surface area contributed by atoms with Crippen LogP contribution in [-0.2, 0) is 11.3 Å². The standard InChI is InChI=1S/C20H28N6O/c1-17-5-10-21-19(23-17)25-12-3-8-20(16-25)7-2-11-24(15-20)18(27)6-14-26-13-4-9-22-26/h4-5,9-10,13H,2-3,6-8,11-12,14-16H2,1H3. The number of anilines is 1. The molecule has 0 bridgehead atoms. The van der Waals surface area contributed by atoms with Gasteiger partial charge < -0.3 is 9.80 Å². The molecule has 0 aromatic carbocycles. The van der Waals surface area contributed by atoms with Crippen LogP contribution in [0.15, 0.2) is 30.7 Å². The second-order valence-corrected chi connectivity index (χ2v) is 7.96. The lowest BCUT2D eigenvalue weighted by Crippen LogP contribution is -2.54. The highest BCUT2D eigenvalue weighted by Gasteiger charge is 2.40. The largest absolute Gasteiger partial charge is 0.342 e. The van der Waals surface area contributed by atoms with Gasteiger partial charge in [0.1, 0.15) is 0 Å². The number of aryl methyl sites for hydroxylation is 2. The molecule has 4 heterocycles. The van der Waals surface area contributed by atoms with Crippen LogP contribution in [0.2, 0.25) is 0 Å². The van der Waals surface area contributed by atoms with Crippen LogP contribution in [0, 0.1) is 12.3 Å². The summed E-state index contributed by atoms with van der Waals surface area (Å²) in [5.41, 5.74) is 1.17. The molecule has 7 nitrogen and oxygen atoms in total. The number of aromatic nitrogens is 4. The fourth-order valence-corrected chi connectivity index (χ4v) is 4.52. The predicted molar refractivity (Wildman–Crippen MR) is 103 cm³/mol. The maximum Gasteiger partial charge on any atom is 0.225 e. The van der Waals surface area contributed by atoms with Gasteiger partial charge in [-0.15, -0.1) is 0 Å². The molecule has 7 heteroatoms. The Morgan fingerprint density at radius 2 is 2.04 bits per heavy atom. The molecule has 4 rings (SSSR count). The number of hydrogen-bond donors (Lipinski definition) is 0. The zero-order valence-corrected chi connectivity index (χ0v) is 16.0. The maximum absolute atomic E-state index is 12.8. The Bertz CT molecular complexity index is 773. The Labute approximate surface area is 160 Å². The number of rotatable bonds is 4. The lowest BCUT2D eigenvalue weighted by molar-refractivity contribution is -0.135. The van der Waals surface area contributed by atoms with Crippen LogP contribution in [0.5, 0.6) is 0 Å². The molecule has 0 radical (unpaired) electrons. The van der Waals surface area contributed by atoms with E-state index in [2.05, 4.69) is 24.9 Å². The monoisotopic (exact) mass is 368 g/mol. The number of piperidine rings is 2. The van der Waals surface area contributed by atoms with E-state index in [0.29, 0.717) is 13.0 Å². The quantitative estimate of drug-likeness (QED) is 0.828. The highest BCUT2D eigenvalue weighted by molar-refractivity contribution is 5.76. The third-order valence-corrected chi connectivity index (χ3v) is 5.85. The summed E-state index contributed by atoms with van der Waals surface area (Å²) in [7, 11) is 0. The molecule has 2 aromatic rings. The Kier molecular flexibility index (Phi) is 5.09. The average Bonchev–Trinajstić information content (AvgIpc) is 3.20. The number of likely N-dealkylation sites (tertiary alicyclic amines) is 1. The van der Waals surface area contributed by atoms with Crippen LogP contribution < -0.4 is 4.90 Å². The molecule has 1 spiro atoms. The summed E-state index contributed by atoms with van der Waals surface area (Å²) in [6.45, 7) is 6.33. The Morgan fingerprint density at radius 1 is 1.19 bits per heavy atom. The van der Waals surface area contributed by atoms with Gasteiger partial charge in [-0.3, -0.25) is 9.48 Å². The van der Waals surface area contributed by atoms with Crippen molar-refractivity contribution in [2.24, 2.45) is 5.41 Å². The van der Waals surface area contributed by atoms with Gasteiger partial charge in [-0.1, -0.05) is 0 Å². The molecule has 2 aliphatic rings. The molecule has 0 aliphatic carbocycles. The smallest absolute Gasteiger partial charge is 0.225 e. The van der Waals surface area contributed by atoms with Gasteiger partial charge in [-0.25, -0.2) is 9.97 Å². The van der Waals surface area contributed by atoms with Crippen molar-refractivity contribution in [2.45, 2.75) is 45.6 Å². The first kappa shape index (κ1) is 17.9. The van der Waals surface area contributed by atoms with Gasteiger partial charge in [0.25, 0.3) is 0 Å². The van der Waals surface area contributed by atoms with Crippen LogP contribution in [0.25, 0.3) is 0 Å². The lowest BCUT2D eigenvalue weighted by Gasteiger charge is -2.48. The minimum Gasteiger partial charge on any atom is -0.342 e. The highest BCUT2D eigenvalue weighted by atomic mass is 16.2. The van der Waals surface area contributed by atoms with Gasteiger partial charge in [0.2, 0.25) is 11.9 Å². The summed E-state index contributed by atoms with van der Waals surface area (Å²) >= 11 is 0. The van der Waals surface area contributed by atoms with Crippen molar-refractivity contribution in [3.63, 3.8) is 0 Å². The van der Waals surface area contributed by atoms with Crippen molar-refractivity contribution in [2.75, 3.05) is 31.1 Å². The van der Waals surface area contributed by atoms with Crippen molar-refractivity contribution in [3.05, 3.63) is 36.4 Å². The molecule has 144 valence electrons. The van der Waals surface area contributed by atoms with Crippen molar-refractivity contribution in [1.29, 1.82) is 0 Å². The first-order chi connectivity index (χ1) is 13.1. The molecular formula is C20H28N6O. The van der Waals surface area contributed by atoms with E-state index in [-0.39, 0.29) is 11.3 Å². The topological polar surface area (TPSA) is 67.2 Å². The molecule has 1 atom stereocenters. The Balaban J connectivity index is 1.40. The number of nitrogens with zero attached hydrogens (tertiary/aromatic N) is 6. The summed E-state index contributed by atoms with van der Waals surface area (Å²) in [4.78, 5) is 26.2. The van der Waals surface area contributed by atoms with Crippen LogP contribution in [-0.4, -0.2) is 56.7 Å². The third kappa shape index (κ3) is 4.12. The Morgan fingerprint density at radius 3 is 2.81 bits per heavy atom. The predicted octanol–water partition coefficient (Wildman–Crippen LogP) is 2.28. The molecule has 2 fully saturated rings. The van der Waals surface area contributed by atoms with Gasteiger partial charge in [0.15, 0.2) is 0 Å². The molecule has 0 saturated carbocycles. The van der Waals surface area contributed by atoms with E-state index in [4.69, 9.17) is 0 Å². The first-order valence-electron chi connectivity index (χ1n) is 9.93. The molecule has 1 amide bonds. The zero-order valence-electron chi connectivity index (χ0n) is 16.0. The van der Waals surface area contributed by atoms with Gasteiger partial charge in [-0.05, 0) is 44.7 Å². The van der Waals surface area contributed by atoms with E-state index < -0.39 is 0 Å². The summed E-state index contributed by atoms with van der Waals surface area (Å²) in [6, 6.07) is 3.83. The van der Waals surface area contributed by atoms with Crippen LogP contribution in [0.4, 0.5) is 5.95 Å². The molecule has 2 aliphatic heterocycles. The summed E-state index contributed by atoms with van der Waals surface area (Å²) < 4.78 is 1.83. The SMILES string of the molecule is Cc1ccnc(N2CCCC3(CCCN(C(=O)CCn4cccn4)C3)C2)n1. The van der Waals surface area contributed by atoms with Gasteiger partial charge in [0, 0.05) is 68.8 Å². The molecule has 0 N–H and O–H groups in total. The number of carbonyl (C=O) groups excluding carboxylic acids is 1. The molecule has 2 saturated heterocycles. The van der Waals surface area contributed by atoms with Gasteiger partial charge in [-0.2, -0.15) is 5.10 Å². The Hall–Kier alpha value is -2.44. The number of amides is 1. The summed E-state index contributed by atoms with van der Waals surface area (Å²) in [5, 5.41) is 4.19. The van der Waals surface area contributed by atoms with E-state index in [1.54, 1.807) is 6.20 Å². The van der Waals surface area contributed by atoms with E-state index in [9.17, 15) is 4.79 Å². The van der Waals surface area contributed by atoms with Gasteiger partial charge >= 0.3 is 0 Å². The van der Waals surface area contributed by atoms with E-state index >= 15 is 0 Å². The normalized spacial score (nSPS) is 23.0. The summed E-state index contributed by atoms with van der Waals surface area (Å²) in [6.07, 6.45) is 10.6. The summed E-state index contributed by atoms with van der Waals surface area (Å²) in [5.74, 6) is 1.07. The van der Waals surface area contributed by atoms with E-state index in [0.717, 1.165) is 50.7 Å². The van der Waals surface area contributed by atoms with Crippen LogP contribution in [0.3, 0.4) is 0 Å². The third-order valence-electron chi connectivity index (χ3n) is 5.85. The fourth-order valence-electron chi connectivity index (χ4n) is 4.52. The maximum atomic E-state index is 12.8. The van der Waals surface area contributed by atoms with Crippen molar-refractivity contribution >= 4 is 11.9 Å². The second-order valence-electron chi connectivity index (χ2n) is 7.96. The molecule has 27 heavy (non-hydrogen) atoms. The van der Waals surface area contributed by atoms with Crippen LogP contribution >= 0.6 is 0 Å². The average molecular weight is 368 g/mol. The second kappa shape index (κ2) is 7.66. The fraction of sp³-hybridized carbons (Fsp3) is 0.600. The van der Waals surface area contributed by atoms with Crippen molar-refractivity contribution < 1.29 is 4.79 Å². The van der Waals surface area contributed by atoms with E-state index in [1.807, 2.05) is 36.1 Å². The van der Waals surface area contributed by atoms with Crippen molar-refractivity contribution in [3.8, 4) is 0 Å². The first-order valence-corrected chi connectivity index (χ1v) is 9.93. The molecule has 1 unspecified atom stereocenters. The van der Waals surface area contributed by atoms with Crippen LogP contribution in [0.1, 0.15) is 37.8 Å². The minimum absolute atomic E-state index is 0.172. The number of hydrogen-bond acceptors (Lipinski definition) is 5. The molecular weight excluding hydrogens is 340 g/mol. The highest BCUT2D eigenvalue weighted by Crippen LogP contribution is 2.39. The zero-order chi connectivity index (χ0) is 18.7.